The molecular formula is C15H20N4O2. The number of ether oxygens (including phenoxy) is 2. The van der Waals surface area contributed by atoms with E-state index in [0.717, 1.165) is 48.7 Å². The average molecular weight is 288 g/mol. The maximum absolute atomic E-state index is 6.09. The van der Waals surface area contributed by atoms with E-state index in [1.54, 1.807) is 13.2 Å². The number of hydrogen-bond acceptors (Lipinski definition) is 5. The van der Waals surface area contributed by atoms with Crippen molar-refractivity contribution in [3.63, 3.8) is 0 Å². The van der Waals surface area contributed by atoms with E-state index in [-0.39, 0.29) is 6.10 Å². The summed E-state index contributed by atoms with van der Waals surface area (Å²) in [5.74, 6) is 1.95. The number of nitrogen functional groups attached to an aromatic ring is 1. The van der Waals surface area contributed by atoms with E-state index < -0.39 is 0 Å². The van der Waals surface area contributed by atoms with Crippen molar-refractivity contribution in [2.45, 2.75) is 18.9 Å². The number of hydrogen-bond donors (Lipinski definition) is 3. The number of nitrogens with one attached hydrogen (secondary N) is 2. The van der Waals surface area contributed by atoms with Crippen LogP contribution in [0.25, 0.3) is 11.3 Å². The second-order valence-corrected chi connectivity index (χ2v) is 5.16. The van der Waals surface area contributed by atoms with Crippen molar-refractivity contribution in [3.05, 3.63) is 24.3 Å². The van der Waals surface area contributed by atoms with E-state index in [1.165, 1.54) is 0 Å². The molecule has 2 heterocycles. The first kappa shape index (κ1) is 13.8. The van der Waals surface area contributed by atoms with Gasteiger partial charge >= 0.3 is 0 Å². The summed E-state index contributed by atoms with van der Waals surface area (Å²) < 4.78 is 11.5. The molecule has 6 nitrogen and oxygen atoms in total. The molecule has 1 aromatic carbocycles. The first-order valence-corrected chi connectivity index (χ1v) is 7.13. The summed E-state index contributed by atoms with van der Waals surface area (Å²) in [4.78, 5) is 0. The van der Waals surface area contributed by atoms with Crippen molar-refractivity contribution < 1.29 is 9.47 Å². The first-order chi connectivity index (χ1) is 10.3. The fourth-order valence-electron chi connectivity index (χ4n) is 2.52. The number of anilines is 1. The molecular weight excluding hydrogens is 268 g/mol. The lowest BCUT2D eigenvalue weighted by Gasteiger charge is -2.25. The number of methoxy groups -OCH3 is 1. The van der Waals surface area contributed by atoms with Gasteiger partial charge < -0.3 is 20.5 Å². The molecule has 4 N–H and O–H groups in total. The molecule has 0 bridgehead atoms. The number of aromatic amines is 1. The molecule has 0 aliphatic carbocycles. The highest BCUT2D eigenvalue weighted by molar-refractivity contribution is 5.65. The lowest BCUT2D eigenvalue weighted by molar-refractivity contribution is 0.161. The van der Waals surface area contributed by atoms with Crippen molar-refractivity contribution in [1.82, 2.24) is 15.5 Å². The molecule has 6 heteroatoms. The van der Waals surface area contributed by atoms with Crippen LogP contribution in [0.5, 0.6) is 11.5 Å². The Morgan fingerprint density at radius 2 is 2.19 bits per heavy atom. The fourth-order valence-corrected chi connectivity index (χ4v) is 2.52. The number of nitrogens with zero attached hydrogens (tertiary/aromatic N) is 1. The third-order valence-corrected chi connectivity index (χ3v) is 3.62. The largest absolute Gasteiger partial charge is 0.493 e. The predicted octanol–water partition coefficient (Wildman–Crippen LogP) is 1.80. The van der Waals surface area contributed by atoms with Gasteiger partial charge in [-0.1, -0.05) is 0 Å². The smallest absolute Gasteiger partial charge is 0.162 e. The highest BCUT2D eigenvalue weighted by Gasteiger charge is 2.17. The van der Waals surface area contributed by atoms with Gasteiger partial charge in [0.1, 0.15) is 11.9 Å². The minimum atomic E-state index is 0.176. The summed E-state index contributed by atoms with van der Waals surface area (Å²) in [6.45, 7) is 1.93. The molecule has 21 heavy (non-hydrogen) atoms. The molecule has 0 saturated carbocycles. The summed E-state index contributed by atoms with van der Waals surface area (Å²) in [6.07, 6.45) is 2.36. The van der Waals surface area contributed by atoms with Gasteiger partial charge in [-0.25, -0.2) is 0 Å². The van der Waals surface area contributed by atoms with Crippen LogP contribution in [-0.2, 0) is 0 Å². The SMILES string of the molecule is COc1ccc(-c2cc(N)n[nH]2)cc1OC1CCCNC1. The Morgan fingerprint density at radius 1 is 1.29 bits per heavy atom. The zero-order chi connectivity index (χ0) is 14.7. The van der Waals surface area contributed by atoms with Gasteiger partial charge in [-0.15, -0.1) is 0 Å². The molecule has 1 aliphatic heterocycles. The Bertz CT molecular complexity index is 605. The third kappa shape index (κ3) is 3.11. The van der Waals surface area contributed by atoms with Gasteiger partial charge in [0.25, 0.3) is 0 Å². The lowest BCUT2D eigenvalue weighted by atomic mass is 10.1. The molecule has 1 unspecified atom stereocenters. The van der Waals surface area contributed by atoms with E-state index in [0.29, 0.717) is 5.82 Å². The molecule has 1 saturated heterocycles. The van der Waals surface area contributed by atoms with Gasteiger partial charge in [0.15, 0.2) is 11.5 Å². The van der Waals surface area contributed by atoms with Crippen molar-refractivity contribution >= 4 is 5.82 Å². The van der Waals surface area contributed by atoms with Crippen LogP contribution in [0.3, 0.4) is 0 Å². The van der Waals surface area contributed by atoms with Crippen LogP contribution < -0.4 is 20.5 Å². The highest BCUT2D eigenvalue weighted by atomic mass is 16.5. The zero-order valence-corrected chi connectivity index (χ0v) is 12.1. The summed E-state index contributed by atoms with van der Waals surface area (Å²) in [6, 6.07) is 7.61. The number of piperidine rings is 1. The summed E-state index contributed by atoms with van der Waals surface area (Å²) in [7, 11) is 1.65. The average Bonchev–Trinajstić information content (AvgIpc) is 2.95. The molecule has 2 aromatic rings. The number of nitrogens with two attached hydrogens (primary N) is 1. The normalized spacial score (nSPS) is 18.4. The fraction of sp³-hybridized carbons (Fsp3) is 0.400. The van der Waals surface area contributed by atoms with Gasteiger partial charge in [-0.3, -0.25) is 5.10 Å². The molecule has 1 atom stereocenters. The van der Waals surface area contributed by atoms with Crippen molar-refractivity contribution in [1.29, 1.82) is 0 Å². The zero-order valence-electron chi connectivity index (χ0n) is 12.1. The van der Waals surface area contributed by atoms with E-state index in [9.17, 15) is 0 Å². The van der Waals surface area contributed by atoms with Gasteiger partial charge in [0, 0.05) is 18.2 Å². The Hall–Kier alpha value is -2.21. The van der Waals surface area contributed by atoms with Crippen LogP contribution in [0, 0.1) is 0 Å². The highest BCUT2D eigenvalue weighted by Crippen LogP contribution is 2.33. The van der Waals surface area contributed by atoms with Crippen LogP contribution in [0.1, 0.15) is 12.8 Å². The minimum Gasteiger partial charge on any atom is -0.493 e. The Morgan fingerprint density at radius 3 is 2.86 bits per heavy atom. The van der Waals surface area contributed by atoms with E-state index in [2.05, 4.69) is 15.5 Å². The quantitative estimate of drug-likeness (QED) is 0.799. The molecule has 0 spiro atoms. The van der Waals surface area contributed by atoms with Crippen molar-refractivity contribution in [2.75, 3.05) is 25.9 Å². The topological polar surface area (TPSA) is 85.2 Å². The van der Waals surface area contributed by atoms with Crippen LogP contribution >= 0.6 is 0 Å². The standard InChI is InChI=1S/C15H20N4O2/c1-20-13-5-4-10(12-8-15(16)19-18-12)7-14(13)21-11-3-2-6-17-9-11/h4-5,7-8,11,17H,2-3,6,9H2,1H3,(H3,16,18,19). The number of H-pyrrole nitrogens is 1. The second-order valence-electron chi connectivity index (χ2n) is 5.16. The van der Waals surface area contributed by atoms with Gasteiger partial charge in [-0.2, -0.15) is 5.10 Å². The van der Waals surface area contributed by atoms with E-state index in [1.807, 2.05) is 18.2 Å². The molecule has 0 radical (unpaired) electrons. The maximum atomic E-state index is 6.09. The summed E-state index contributed by atoms with van der Waals surface area (Å²) >= 11 is 0. The van der Waals surface area contributed by atoms with E-state index in [4.69, 9.17) is 15.2 Å². The lowest BCUT2D eigenvalue weighted by Crippen LogP contribution is -2.37. The van der Waals surface area contributed by atoms with Crippen LogP contribution in [-0.4, -0.2) is 36.5 Å². The van der Waals surface area contributed by atoms with Crippen LogP contribution in [0.2, 0.25) is 0 Å². The van der Waals surface area contributed by atoms with Gasteiger partial charge in [0.2, 0.25) is 0 Å². The molecule has 3 rings (SSSR count). The first-order valence-electron chi connectivity index (χ1n) is 7.13. The maximum Gasteiger partial charge on any atom is 0.162 e. The summed E-state index contributed by atoms with van der Waals surface area (Å²) in [5, 5.41) is 10.2. The predicted molar refractivity (Wildman–Crippen MR) is 81.5 cm³/mol. The van der Waals surface area contributed by atoms with Gasteiger partial charge in [-0.05, 0) is 37.6 Å². The van der Waals surface area contributed by atoms with Gasteiger partial charge in [0.05, 0.1) is 12.8 Å². The van der Waals surface area contributed by atoms with Crippen molar-refractivity contribution in [2.24, 2.45) is 0 Å². The third-order valence-electron chi connectivity index (χ3n) is 3.62. The Kier molecular flexibility index (Phi) is 3.96. The second kappa shape index (κ2) is 6.05. The molecule has 1 fully saturated rings. The van der Waals surface area contributed by atoms with Crippen LogP contribution in [0.4, 0.5) is 5.82 Å². The number of rotatable bonds is 4. The minimum absolute atomic E-state index is 0.176. The molecule has 0 amide bonds. The Balaban J connectivity index is 1.86. The molecule has 1 aromatic heterocycles. The van der Waals surface area contributed by atoms with Crippen molar-refractivity contribution in [3.8, 4) is 22.8 Å². The number of aromatic nitrogens is 2. The number of benzene rings is 1. The van der Waals surface area contributed by atoms with Crippen LogP contribution in [0.15, 0.2) is 24.3 Å². The van der Waals surface area contributed by atoms with E-state index >= 15 is 0 Å². The monoisotopic (exact) mass is 288 g/mol. The molecule has 112 valence electrons. The summed E-state index contributed by atoms with van der Waals surface area (Å²) in [5.41, 5.74) is 7.49. The Labute approximate surface area is 123 Å². The molecule has 1 aliphatic rings.